The molecule has 0 saturated carbocycles. The van der Waals surface area contributed by atoms with Gasteiger partial charge in [-0.2, -0.15) is 12.6 Å². The first kappa shape index (κ1) is 24.5. The zero-order valence-electron chi connectivity index (χ0n) is 16.0. The van der Waals surface area contributed by atoms with Crippen molar-refractivity contribution in [2.45, 2.75) is 41.6 Å². The molecule has 0 aromatic carbocycles. The van der Waals surface area contributed by atoms with Crippen molar-refractivity contribution in [2.24, 2.45) is 5.73 Å². The maximum Gasteiger partial charge on any atom is 0.320 e. The van der Waals surface area contributed by atoms with Crippen LogP contribution in [0.3, 0.4) is 0 Å². The zero-order chi connectivity index (χ0) is 22.5. The Balaban J connectivity index is 0.000000343. The molecule has 13 heteroatoms. The molecule has 2 aromatic heterocycles. The second-order valence-electron chi connectivity index (χ2n) is 6.59. The first-order valence-electron chi connectivity index (χ1n) is 9.00. The number of carboxylic acids is 1. The molecular formula is C17H25N6O5SSe. The fraction of sp³-hybridized carbons (Fsp3) is 0.529. The molecular weight excluding hydrogens is 479 g/mol. The van der Waals surface area contributed by atoms with E-state index >= 15 is 0 Å². The molecule has 3 rings (SSSR count). The van der Waals surface area contributed by atoms with Gasteiger partial charge in [-0.05, 0) is 12.2 Å². The number of carbonyl (C=O) groups is 1. The van der Waals surface area contributed by atoms with Crippen LogP contribution in [0.15, 0.2) is 25.3 Å². The summed E-state index contributed by atoms with van der Waals surface area (Å²) in [7, 11) is 0. The minimum atomic E-state index is -0.982. The van der Waals surface area contributed by atoms with Crippen LogP contribution in [0.25, 0.3) is 11.2 Å². The van der Waals surface area contributed by atoms with Crippen molar-refractivity contribution < 1.29 is 24.9 Å². The van der Waals surface area contributed by atoms with Crippen LogP contribution in [-0.4, -0.2) is 87.4 Å². The molecule has 0 amide bonds. The van der Waals surface area contributed by atoms with Crippen LogP contribution in [0.5, 0.6) is 0 Å². The number of nitrogen functional groups attached to an aromatic ring is 1. The van der Waals surface area contributed by atoms with Gasteiger partial charge in [0.1, 0.15) is 6.04 Å². The van der Waals surface area contributed by atoms with Crippen molar-refractivity contribution in [3.63, 3.8) is 0 Å². The number of rotatable bonds is 7. The molecule has 1 unspecified atom stereocenters. The fourth-order valence-corrected chi connectivity index (χ4v) is 4.26. The largest absolute Gasteiger partial charge is 0.480 e. The minimum Gasteiger partial charge on any atom is -0.480 e. The number of thiol groups is 1. The van der Waals surface area contributed by atoms with Gasteiger partial charge in [0, 0.05) is 0 Å². The van der Waals surface area contributed by atoms with Crippen molar-refractivity contribution >= 4 is 51.6 Å². The fourth-order valence-electron chi connectivity index (χ4n) is 3.06. The monoisotopic (exact) mass is 505 g/mol. The number of hydrogen-bond donors (Lipinski definition) is 6. The van der Waals surface area contributed by atoms with E-state index in [4.69, 9.17) is 21.3 Å². The number of aliphatic hydroxyl groups is 2. The van der Waals surface area contributed by atoms with Gasteiger partial charge in [-0.25, -0.2) is 0 Å². The number of nitrogens with two attached hydrogens (primary N) is 2. The maximum absolute atomic E-state index is 10.3. The van der Waals surface area contributed by atoms with Crippen molar-refractivity contribution in [1.82, 2.24) is 19.5 Å². The van der Waals surface area contributed by atoms with Crippen LogP contribution in [0.1, 0.15) is 12.8 Å². The van der Waals surface area contributed by atoms with Crippen LogP contribution >= 0.6 is 12.6 Å². The molecule has 30 heavy (non-hydrogen) atoms. The van der Waals surface area contributed by atoms with Gasteiger partial charge >= 0.3 is 140 Å². The van der Waals surface area contributed by atoms with E-state index in [-0.39, 0.29) is 12.4 Å². The molecule has 0 spiro atoms. The molecule has 5 atom stereocenters. The van der Waals surface area contributed by atoms with Gasteiger partial charge in [-0.3, -0.25) is 4.79 Å². The van der Waals surface area contributed by atoms with Crippen LogP contribution < -0.4 is 11.5 Å². The number of hydrogen-bond acceptors (Lipinski definition) is 10. The zero-order valence-corrected chi connectivity index (χ0v) is 18.6. The number of nitrogens with zero attached hydrogens (tertiary/aromatic N) is 4. The summed E-state index contributed by atoms with van der Waals surface area (Å²) < 4.78 is 7.69. The summed E-state index contributed by atoms with van der Waals surface area (Å²) in [5.41, 5.74) is 10.9. The summed E-state index contributed by atoms with van der Waals surface area (Å²) in [5.74, 6) is -0.168. The maximum atomic E-state index is 10.3. The number of anilines is 1. The molecule has 11 nitrogen and oxygen atoms in total. The third kappa shape index (κ3) is 4.78. The number of carboxylic acid groups (broad SMARTS) is 1. The quantitative estimate of drug-likeness (QED) is 0.156. The number of aliphatic hydroxyl groups excluding tert-OH is 2. The van der Waals surface area contributed by atoms with E-state index in [0.29, 0.717) is 29.8 Å². The van der Waals surface area contributed by atoms with E-state index in [1.54, 1.807) is 17.0 Å². The Kier molecular flexibility index (Phi) is 8.61. The smallest absolute Gasteiger partial charge is 0.320 e. The SMILES string of the molecule is C=CC[C@@]1(n2cnc3c(N)ncnc32)O[C@H](CO)[C@@H](O)[C@H]1[Se].NC(CCS)C(=O)O. The van der Waals surface area contributed by atoms with Crippen molar-refractivity contribution in [2.75, 3.05) is 18.1 Å². The van der Waals surface area contributed by atoms with Gasteiger partial charge in [0.25, 0.3) is 0 Å². The van der Waals surface area contributed by atoms with Crippen molar-refractivity contribution in [3.8, 4) is 0 Å². The summed E-state index contributed by atoms with van der Waals surface area (Å²) >= 11 is 6.75. The molecule has 0 bridgehead atoms. The van der Waals surface area contributed by atoms with Crippen LogP contribution in [0.2, 0.25) is 4.82 Å². The predicted molar refractivity (Wildman–Crippen MR) is 114 cm³/mol. The van der Waals surface area contributed by atoms with E-state index in [2.05, 4.69) is 50.2 Å². The van der Waals surface area contributed by atoms with E-state index in [0.717, 1.165) is 0 Å². The molecule has 165 valence electrons. The van der Waals surface area contributed by atoms with Gasteiger partial charge in [-0.1, -0.05) is 0 Å². The van der Waals surface area contributed by atoms with Gasteiger partial charge in [0.05, 0.1) is 0 Å². The molecule has 2 aromatic rings. The van der Waals surface area contributed by atoms with Gasteiger partial charge < -0.3 is 10.8 Å². The Morgan fingerprint density at radius 2 is 2.20 bits per heavy atom. The first-order valence-corrected chi connectivity index (χ1v) is 10.6. The molecule has 1 aliphatic heterocycles. The summed E-state index contributed by atoms with van der Waals surface area (Å²) in [6.07, 6.45) is 3.85. The normalized spacial score (nSPS) is 26.8. The Morgan fingerprint density at radius 1 is 1.50 bits per heavy atom. The van der Waals surface area contributed by atoms with Crippen LogP contribution in [0, 0.1) is 0 Å². The molecule has 0 aliphatic carbocycles. The van der Waals surface area contributed by atoms with Gasteiger partial charge in [-0.15, -0.1) is 0 Å². The Hall–Kier alpha value is -1.73. The van der Waals surface area contributed by atoms with E-state index in [9.17, 15) is 15.0 Å². The Bertz CT molecular complexity index is 885. The number of aliphatic carboxylic acids is 1. The third-order valence-corrected chi connectivity index (χ3v) is 6.25. The van der Waals surface area contributed by atoms with Crippen LogP contribution in [-0.2, 0) is 15.3 Å². The molecule has 3 heterocycles. The predicted octanol–water partition coefficient (Wildman–Crippen LogP) is -0.935. The molecule has 1 aliphatic rings. The van der Waals surface area contributed by atoms with E-state index in [1.165, 1.54) is 6.33 Å². The van der Waals surface area contributed by atoms with E-state index in [1.807, 2.05) is 0 Å². The van der Waals surface area contributed by atoms with Crippen LogP contribution in [0.4, 0.5) is 5.82 Å². The first-order chi connectivity index (χ1) is 14.2. The Morgan fingerprint density at radius 3 is 2.70 bits per heavy atom. The molecule has 7 N–H and O–H groups in total. The number of imidazole rings is 1. The topological polar surface area (TPSA) is 183 Å². The number of fused-ring (bicyclic) bond motifs is 1. The molecule has 1 fully saturated rings. The second-order valence-corrected chi connectivity index (χ2v) is 8.10. The summed E-state index contributed by atoms with van der Waals surface area (Å²) in [5, 5.41) is 27.9. The average molecular weight is 504 g/mol. The van der Waals surface area contributed by atoms with E-state index < -0.39 is 34.8 Å². The third-order valence-electron chi connectivity index (χ3n) is 4.63. The standard InChI is InChI=1S/C13H16N5O3Se.C4H9NO2S/c1-2-3-13(10(22)9(20)7(4-19)21-13)18-6-17-8-11(14)15-5-16-12(8)18;5-3(1-2-8)4(6)7/h2,5-7,9-10,19-20H,1,3-4H2,(H2,14,15,16);3,8H,1-2,5H2,(H,6,7)/t7-,9-,10-,13-;/m1./s1. The summed E-state index contributed by atoms with van der Waals surface area (Å²) in [4.78, 5) is 21.9. The summed E-state index contributed by atoms with van der Waals surface area (Å²) in [6, 6.07) is -0.743. The minimum absolute atomic E-state index is 0.270. The van der Waals surface area contributed by atoms with Crippen molar-refractivity contribution in [1.29, 1.82) is 0 Å². The molecule has 1 saturated heterocycles. The number of ether oxygens (including phenoxy) is 1. The molecule has 1 radical (unpaired) electrons. The van der Waals surface area contributed by atoms with Gasteiger partial charge in [0.15, 0.2) is 0 Å². The average Bonchev–Trinajstić information content (AvgIpc) is 3.25. The second kappa shape index (κ2) is 10.5. The summed E-state index contributed by atoms with van der Waals surface area (Å²) in [6.45, 7) is 3.47. The Labute approximate surface area is 186 Å². The number of aromatic nitrogens is 4. The van der Waals surface area contributed by atoms with Crippen molar-refractivity contribution in [3.05, 3.63) is 25.3 Å². The van der Waals surface area contributed by atoms with Gasteiger partial charge in [0.2, 0.25) is 0 Å².